The highest BCUT2D eigenvalue weighted by atomic mass is 79.9. The molecule has 0 aliphatic heterocycles. The van der Waals surface area contributed by atoms with Crippen molar-refractivity contribution in [1.29, 1.82) is 0 Å². The van der Waals surface area contributed by atoms with Crippen LogP contribution in [-0.4, -0.2) is 5.33 Å². The zero-order chi connectivity index (χ0) is 11.2. The summed E-state index contributed by atoms with van der Waals surface area (Å²) in [6.45, 7) is 0. The fourth-order valence-corrected chi connectivity index (χ4v) is 4.01. The number of halogens is 2. The van der Waals surface area contributed by atoms with Gasteiger partial charge in [0.15, 0.2) is 0 Å². The van der Waals surface area contributed by atoms with E-state index in [0.29, 0.717) is 5.41 Å². The van der Waals surface area contributed by atoms with E-state index in [4.69, 9.17) is 0 Å². The third-order valence-corrected chi connectivity index (χ3v) is 5.46. The second-order valence-corrected chi connectivity index (χ2v) is 6.13. The minimum absolute atomic E-state index is 0.0385. The Hall–Kier alpha value is -0.370. The van der Waals surface area contributed by atoms with Gasteiger partial charge < -0.3 is 0 Å². The Morgan fingerprint density at radius 1 is 1.25 bits per heavy atom. The third-order valence-electron chi connectivity index (χ3n) is 4.27. The van der Waals surface area contributed by atoms with Crippen LogP contribution in [0.5, 0.6) is 0 Å². The zero-order valence-electron chi connectivity index (χ0n) is 9.26. The quantitative estimate of drug-likeness (QED) is 0.730. The van der Waals surface area contributed by atoms with E-state index in [1.807, 2.05) is 12.1 Å². The molecule has 2 saturated carbocycles. The lowest BCUT2D eigenvalue weighted by molar-refractivity contribution is 0.304. The van der Waals surface area contributed by atoms with Gasteiger partial charge in [0.1, 0.15) is 5.82 Å². The summed E-state index contributed by atoms with van der Waals surface area (Å²) in [6.07, 6.45) is 4.90. The van der Waals surface area contributed by atoms with Crippen LogP contribution in [0.3, 0.4) is 0 Å². The first kappa shape index (κ1) is 10.8. The van der Waals surface area contributed by atoms with Crippen LogP contribution < -0.4 is 0 Å². The number of hydrogen-bond donors (Lipinski definition) is 0. The van der Waals surface area contributed by atoms with E-state index >= 15 is 0 Å². The summed E-state index contributed by atoms with van der Waals surface area (Å²) in [7, 11) is 0. The van der Waals surface area contributed by atoms with Gasteiger partial charge >= 0.3 is 0 Å². The zero-order valence-corrected chi connectivity index (χ0v) is 10.8. The van der Waals surface area contributed by atoms with Crippen LogP contribution >= 0.6 is 15.9 Å². The van der Waals surface area contributed by atoms with Gasteiger partial charge in [-0.15, -0.1) is 0 Å². The van der Waals surface area contributed by atoms with Gasteiger partial charge in [0.25, 0.3) is 0 Å². The molecule has 2 aliphatic carbocycles. The minimum atomic E-state index is -0.0385. The van der Waals surface area contributed by atoms with Gasteiger partial charge in [-0.1, -0.05) is 34.1 Å². The van der Waals surface area contributed by atoms with Crippen molar-refractivity contribution in [3.05, 3.63) is 35.6 Å². The second kappa shape index (κ2) is 3.83. The van der Waals surface area contributed by atoms with Crippen molar-refractivity contribution in [2.45, 2.75) is 25.7 Å². The molecule has 0 heterocycles. The van der Waals surface area contributed by atoms with Crippen LogP contribution in [0.1, 0.15) is 24.8 Å². The molecule has 1 aromatic rings. The van der Waals surface area contributed by atoms with Gasteiger partial charge in [0.05, 0.1) is 0 Å². The van der Waals surface area contributed by atoms with Gasteiger partial charge in [0.2, 0.25) is 0 Å². The summed E-state index contributed by atoms with van der Waals surface area (Å²) in [5, 5.41) is 1.02. The van der Waals surface area contributed by atoms with E-state index in [9.17, 15) is 4.39 Å². The molecule has 0 bridgehead atoms. The number of rotatable bonds is 3. The molecule has 2 unspecified atom stereocenters. The Labute approximate surface area is 104 Å². The molecular formula is C14H16BrF. The summed E-state index contributed by atoms with van der Waals surface area (Å²) in [4.78, 5) is 0. The van der Waals surface area contributed by atoms with E-state index < -0.39 is 0 Å². The molecule has 0 saturated heterocycles. The average Bonchev–Trinajstić information content (AvgIpc) is 2.91. The van der Waals surface area contributed by atoms with E-state index in [1.54, 1.807) is 12.1 Å². The Bertz CT molecular complexity index is 391. The summed E-state index contributed by atoms with van der Waals surface area (Å²) >= 11 is 3.64. The maximum atomic E-state index is 13.6. The summed E-state index contributed by atoms with van der Waals surface area (Å²) in [5.41, 5.74) is 1.22. The van der Waals surface area contributed by atoms with Crippen molar-refractivity contribution in [2.24, 2.45) is 17.3 Å². The molecular weight excluding hydrogens is 267 g/mol. The van der Waals surface area contributed by atoms with Crippen molar-refractivity contribution < 1.29 is 4.39 Å². The second-order valence-electron chi connectivity index (χ2n) is 5.57. The lowest BCUT2D eigenvalue weighted by Gasteiger charge is -2.29. The van der Waals surface area contributed by atoms with Crippen LogP contribution in [0.25, 0.3) is 0 Å². The first-order chi connectivity index (χ1) is 7.72. The standard InChI is InChI=1S/C14H16BrF/c15-9-14(7-11-5-12(11)8-14)6-10-3-1-2-4-13(10)16/h1-4,11-12H,5-9H2. The Kier molecular flexibility index (Phi) is 2.58. The molecule has 0 amide bonds. The molecule has 2 fully saturated rings. The number of fused-ring (bicyclic) bond motifs is 1. The van der Waals surface area contributed by atoms with Crippen molar-refractivity contribution in [3.63, 3.8) is 0 Å². The molecule has 1 aromatic carbocycles. The van der Waals surface area contributed by atoms with Crippen molar-refractivity contribution in [3.8, 4) is 0 Å². The predicted molar refractivity (Wildman–Crippen MR) is 67.2 cm³/mol. The Balaban J connectivity index is 1.80. The van der Waals surface area contributed by atoms with Gasteiger partial charge in [-0.05, 0) is 54.6 Å². The minimum Gasteiger partial charge on any atom is -0.207 e. The third kappa shape index (κ3) is 1.81. The first-order valence-corrected chi connectivity index (χ1v) is 7.14. The van der Waals surface area contributed by atoms with Crippen LogP contribution in [0, 0.1) is 23.1 Å². The molecule has 2 heteroatoms. The predicted octanol–water partition coefficient (Wildman–Crippen LogP) is 4.18. The largest absolute Gasteiger partial charge is 0.207 e. The smallest absolute Gasteiger partial charge is 0.126 e. The highest BCUT2D eigenvalue weighted by Crippen LogP contribution is 2.61. The molecule has 0 radical (unpaired) electrons. The molecule has 86 valence electrons. The lowest BCUT2D eigenvalue weighted by atomic mass is 9.79. The Morgan fingerprint density at radius 2 is 1.94 bits per heavy atom. The first-order valence-electron chi connectivity index (χ1n) is 6.02. The highest BCUT2D eigenvalue weighted by molar-refractivity contribution is 9.09. The van der Waals surface area contributed by atoms with Crippen LogP contribution in [0.2, 0.25) is 0 Å². The maximum absolute atomic E-state index is 13.6. The summed E-state index contributed by atoms with van der Waals surface area (Å²) in [6, 6.07) is 7.22. The number of hydrogen-bond acceptors (Lipinski definition) is 0. The normalized spacial score (nSPS) is 36.1. The fourth-order valence-electron chi connectivity index (χ4n) is 3.35. The molecule has 16 heavy (non-hydrogen) atoms. The Morgan fingerprint density at radius 3 is 2.56 bits per heavy atom. The van der Waals surface area contributed by atoms with E-state index in [-0.39, 0.29) is 5.82 Å². The highest BCUT2D eigenvalue weighted by Gasteiger charge is 2.53. The molecule has 2 atom stereocenters. The summed E-state index contributed by atoms with van der Waals surface area (Å²) in [5.74, 6) is 1.86. The molecule has 3 rings (SSSR count). The number of alkyl halides is 1. The van der Waals surface area contributed by atoms with E-state index in [1.165, 1.54) is 19.3 Å². The molecule has 0 spiro atoms. The lowest BCUT2D eigenvalue weighted by Crippen LogP contribution is -2.24. The summed E-state index contributed by atoms with van der Waals surface area (Å²) < 4.78 is 13.6. The van der Waals surface area contributed by atoms with Gasteiger partial charge in [0, 0.05) is 5.33 Å². The van der Waals surface area contributed by atoms with E-state index in [2.05, 4.69) is 15.9 Å². The van der Waals surface area contributed by atoms with Crippen LogP contribution in [0.4, 0.5) is 4.39 Å². The average molecular weight is 283 g/mol. The van der Waals surface area contributed by atoms with Crippen molar-refractivity contribution in [2.75, 3.05) is 5.33 Å². The van der Waals surface area contributed by atoms with Crippen LogP contribution in [-0.2, 0) is 6.42 Å². The van der Waals surface area contributed by atoms with Gasteiger partial charge in [-0.25, -0.2) is 4.39 Å². The van der Waals surface area contributed by atoms with Gasteiger partial charge in [-0.2, -0.15) is 0 Å². The number of benzene rings is 1. The van der Waals surface area contributed by atoms with E-state index in [0.717, 1.165) is 29.2 Å². The monoisotopic (exact) mass is 282 g/mol. The molecule has 0 aromatic heterocycles. The van der Waals surface area contributed by atoms with Crippen molar-refractivity contribution >= 4 is 15.9 Å². The van der Waals surface area contributed by atoms with Gasteiger partial charge in [-0.3, -0.25) is 0 Å². The molecule has 0 nitrogen and oxygen atoms in total. The molecule has 2 aliphatic rings. The molecule has 0 N–H and O–H groups in total. The van der Waals surface area contributed by atoms with Crippen LogP contribution in [0.15, 0.2) is 24.3 Å². The topological polar surface area (TPSA) is 0 Å². The maximum Gasteiger partial charge on any atom is 0.126 e. The fraction of sp³-hybridized carbons (Fsp3) is 0.571. The SMILES string of the molecule is Fc1ccccc1CC1(CBr)CC2CC2C1. The van der Waals surface area contributed by atoms with Crippen molar-refractivity contribution in [1.82, 2.24) is 0 Å².